The Morgan fingerprint density at radius 1 is 1.18 bits per heavy atom. The minimum Gasteiger partial charge on any atom is -0.338 e. The second-order valence-corrected chi connectivity index (χ2v) is 9.31. The highest BCUT2D eigenvalue weighted by Crippen LogP contribution is 2.34. The number of carbonyl (C=O) groups excluding carboxylic acids is 1. The highest BCUT2D eigenvalue weighted by molar-refractivity contribution is 7.97. The minimum absolute atomic E-state index is 0.0266. The number of amides is 1. The Bertz CT molecular complexity index is 1230. The van der Waals surface area contributed by atoms with Gasteiger partial charge in [0.05, 0.1) is 18.3 Å². The molecule has 0 aliphatic carbocycles. The van der Waals surface area contributed by atoms with Crippen LogP contribution in [0.2, 0.25) is 0 Å². The molecule has 1 saturated heterocycles. The van der Waals surface area contributed by atoms with Crippen LogP contribution in [0.3, 0.4) is 0 Å². The van der Waals surface area contributed by atoms with Crippen molar-refractivity contribution in [1.29, 1.82) is 5.26 Å². The highest BCUT2D eigenvalue weighted by Gasteiger charge is 2.27. The Kier molecular flexibility index (Phi) is 6.44. The largest absolute Gasteiger partial charge is 0.338 e. The molecule has 2 aliphatic rings. The van der Waals surface area contributed by atoms with Gasteiger partial charge in [0.1, 0.15) is 11.8 Å². The van der Waals surface area contributed by atoms with Crippen molar-refractivity contribution in [3.63, 3.8) is 0 Å². The van der Waals surface area contributed by atoms with Crippen LogP contribution in [0.5, 0.6) is 0 Å². The van der Waals surface area contributed by atoms with Crippen molar-refractivity contribution in [3.8, 4) is 6.07 Å². The lowest BCUT2D eigenvalue weighted by Crippen LogP contribution is -2.44. The molecule has 0 atom stereocenters. The molecule has 2 aromatic heterocycles. The van der Waals surface area contributed by atoms with E-state index in [4.69, 9.17) is 11.0 Å². The standard InChI is InChI=1S/C23H25N9OS/c24-5-8-30-16-18(15-27-30)22(33)32-7-4-17-13-20(1-2-21(17)32)34-31-11-9-29(10-12-31)23-26-6-3-19(14-25)28-23/h1-3,6,13,15-16H,4-5,7-12,24H2. The van der Waals surface area contributed by atoms with Crippen LogP contribution in [0, 0.1) is 11.3 Å². The molecule has 174 valence electrons. The van der Waals surface area contributed by atoms with Crippen molar-refractivity contribution in [2.45, 2.75) is 17.9 Å². The normalized spacial score (nSPS) is 15.9. The predicted molar refractivity (Wildman–Crippen MR) is 129 cm³/mol. The minimum atomic E-state index is -0.0266. The Hall–Kier alpha value is -3.46. The zero-order valence-electron chi connectivity index (χ0n) is 18.7. The molecule has 1 aromatic carbocycles. The lowest BCUT2D eigenvalue weighted by molar-refractivity contribution is 0.0989. The molecule has 0 bridgehead atoms. The first-order valence-electron chi connectivity index (χ1n) is 11.2. The van der Waals surface area contributed by atoms with Gasteiger partial charge in [0, 0.05) is 62.2 Å². The topological polar surface area (TPSA) is 120 Å². The third-order valence-electron chi connectivity index (χ3n) is 5.94. The summed E-state index contributed by atoms with van der Waals surface area (Å²) in [5, 5.41) is 13.3. The zero-order valence-corrected chi connectivity index (χ0v) is 19.5. The fraction of sp³-hybridized carbons (Fsp3) is 0.348. The van der Waals surface area contributed by atoms with Crippen LogP contribution < -0.4 is 15.5 Å². The molecule has 0 spiro atoms. The molecule has 0 radical (unpaired) electrons. The Morgan fingerprint density at radius 2 is 2.03 bits per heavy atom. The molecule has 3 aromatic rings. The van der Waals surface area contributed by atoms with Crippen molar-refractivity contribution in [2.75, 3.05) is 49.1 Å². The van der Waals surface area contributed by atoms with Crippen LogP contribution in [-0.2, 0) is 13.0 Å². The van der Waals surface area contributed by atoms with E-state index in [1.807, 2.05) is 11.0 Å². The number of hydrogen-bond acceptors (Lipinski definition) is 9. The van der Waals surface area contributed by atoms with Gasteiger partial charge in [-0.25, -0.2) is 14.3 Å². The fourth-order valence-corrected chi connectivity index (χ4v) is 5.19. The summed E-state index contributed by atoms with van der Waals surface area (Å²) in [6.45, 7) is 5.07. The SMILES string of the molecule is N#Cc1ccnc(N2CCN(Sc3ccc4c(c3)CCN4C(=O)c3cnn(CCN)c3)CC2)n1. The molecule has 2 aliphatic heterocycles. The first kappa shape index (κ1) is 22.3. The van der Waals surface area contributed by atoms with E-state index in [-0.39, 0.29) is 5.91 Å². The van der Waals surface area contributed by atoms with Gasteiger partial charge in [-0.15, -0.1) is 0 Å². The average molecular weight is 476 g/mol. The smallest absolute Gasteiger partial charge is 0.261 e. The molecular weight excluding hydrogens is 450 g/mol. The lowest BCUT2D eigenvalue weighted by atomic mass is 10.2. The van der Waals surface area contributed by atoms with E-state index in [9.17, 15) is 4.79 Å². The molecule has 11 heteroatoms. The molecule has 1 amide bonds. The highest BCUT2D eigenvalue weighted by atomic mass is 32.2. The van der Waals surface area contributed by atoms with E-state index in [2.05, 4.69) is 42.5 Å². The van der Waals surface area contributed by atoms with Crippen molar-refractivity contribution in [1.82, 2.24) is 24.1 Å². The number of rotatable bonds is 6. The Balaban J connectivity index is 1.20. The van der Waals surface area contributed by atoms with Crippen molar-refractivity contribution in [2.24, 2.45) is 5.73 Å². The van der Waals surface area contributed by atoms with Crippen LogP contribution >= 0.6 is 11.9 Å². The van der Waals surface area contributed by atoms with Gasteiger partial charge in [-0.05, 0) is 48.2 Å². The van der Waals surface area contributed by atoms with Gasteiger partial charge in [0.2, 0.25) is 5.95 Å². The van der Waals surface area contributed by atoms with Crippen LogP contribution in [0.15, 0.2) is 47.8 Å². The summed E-state index contributed by atoms with van der Waals surface area (Å²) >= 11 is 1.74. The van der Waals surface area contributed by atoms with Gasteiger partial charge in [-0.3, -0.25) is 9.48 Å². The molecule has 0 saturated carbocycles. The number of nitriles is 1. The number of hydrogen-bond donors (Lipinski definition) is 1. The Morgan fingerprint density at radius 3 is 2.82 bits per heavy atom. The van der Waals surface area contributed by atoms with Crippen LogP contribution in [0.1, 0.15) is 21.6 Å². The van der Waals surface area contributed by atoms with E-state index in [0.717, 1.165) is 38.3 Å². The number of nitrogens with zero attached hydrogens (tertiary/aromatic N) is 8. The summed E-state index contributed by atoms with van der Waals surface area (Å²) < 4.78 is 4.03. The van der Waals surface area contributed by atoms with Crippen molar-refractivity contribution in [3.05, 3.63) is 59.7 Å². The number of nitrogens with two attached hydrogens (primary N) is 1. The average Bonchev–Trinajstić information content (AvgIpc) is 3.51. The molecule has 4 heterocycles. The number of aromatic nitrogens is 4. The number of carbonyl (C=O) groups is 1. The van der Waals surface area contributed by atoms with Gasteiger partial charge in [0.25, 0.3) is 5.91 Å². The Labute approximate surface area is 202 Å². The van der Waals surface area contributed by atoms with Crippen molar-refractivity contribution >= 4 is 29.5 Å². The summed E-state index contributed by atoms with van der Waals surface area (Å²) in [5.41, 5.74) is 8.71. The van der Waals surface area contributed by atoms with Gasteiger partial charge in [0.15, 0.2) is 0 Å². The van der Waals surface area contributed by atoms with E-state index in [1.165, 1.54) is 10.5 Å². The molecule has 34 heavy (non-hydrogen) atoms. The molecular formula is C23H25N9OS. The zero-order chi connectivity index (χ0) is 23.5. The first-order chi connectivity index (χ1) is 16.6. The van der Waals surface area contributed by atoms with Crippen molar-refractivity contribution < 1.29 is 4.79 Å². The summed E-state index contributed by atoms with van der Waals surface area (Å²) in [6, 6.07) is 10.0. The van der Waals surface area contributed by atoms with Gasteiger partial charge in [-0.2, -0.15) is 10.4 Å². The number of anilines is 2. The third-order valence-corrected chi connectivity index (χ3v) is 7.03. The monoisotopic (exact) mass is 475 g/mol. The van der Waals surface area contributed by atoms with Gasteiger partial charge < -0.3 is 15.5 Å². The van der Waals surface area contributed by atoms with E-state index >= 15 is 0 Å². The predicted octanol–water partition coefficient (Wildman–Crippen LogP) is 1.54. The summed E-state index contributed by atoms with van der Waals surface area (Å²) in [5.74, 6) is 0.584. The third kappa shape index (κ3) is 4.61. The van der Waals surface area contributed by atoms with Gasteiger partial charge in [-0.1, -0.05) is 0 Å². The maximum Gasteiger partial charge on any atom is 0.261 e. The van der Waals surface area contributed by atoms with E-state index in [0.29, 0.717) is 36.8 Å². The van der Waals surface area contributed by atoms with E-state index in [1.54, 1.807) is 41.3 Å². The second-order valence-electron chi connectivity index (χ2n) is 8.14. The lowest BCUT2D eigenvalue weighted by Gasteiger charge is -2.33. The van der Waals surface area contributed by atoms with Crippen LogP contribution in [0.4, 0.5) is 11.6 Å². The molecule has 5 rings (SSSR count). The number of fused-ring (bicyclic) bond motifs is 1. The quantitative estimate of drug-likeness (QED) is 0.529. The van der Waals surface area contributed by atoms with E-state index < -0.39 is 0 Å². The summed E-state index contributed by atoms with van der Waals surface area (Å²) in [7, 11) is 0. The maximum absolute atomic E-state index is 13.0. The molecule has 10 nitrogen and oxygen atoms in total. The molecule has 0 unspecified atom stereocenters. The number of benzene rings is 1. The maximum atomic E-state index is 13.0. The first-order valence-corrected chi connectivity index (χ1v) is 12.0. The molecule has 1 fully saturated rings. The molecule has 2 N–H and O–H groups in total. The second kappa shape index (κ2) is 9.80. The van der Waals surface area contributed by atoms with Crippen LogP contribution in [-0.4, -0.2) is 69.2 Å². The summed E-state index contributed by atoms with van der Waals surface area (Å²) in [6.07, 6.45) is 5.85. The number of piperazine rings is 1. The van der Waals surface area contributed by atoms with Crippen LogP contribution in [0.25, 0.3) is 0 Å². The summed E-state index contributed by atoms with van der Waals surface area (Å²) in [4.78, 5) is 26.7. The fourth-order valence-electron chi connectivity index (χ4n) is 4.22. The van der Waals surface area contributed by atoms with Gasteiger partial charge >= 0.3 is 0 Å².